The zero-order chi connectivity index (χ0) is 13.8. The maximum absolute atomic E-state index is 6.09. The average Bonchev–Trinajstić information content (AvgIpc) is 2.72. The molecule has 1 fully saturated rings. The SMILES string of the molecule is CCCC1CCCCN1C(CN)c1cn(C)nc1C. The lowest BCUT2D eigenvalue weighted by atomic mass is 9.94. The van der Waals surface area contributed by atoms with Crippen molar-refractivity contribution in [3.63, 3.8) is 0 Å². The lowest BCUT2D eigenvalue weighted by Crippen LogP contribution is -2.44. The first kappa shape index (κ1) is 14.5. The van der Waals surface area contributed by atoms with Crippen LogP contribution in [0.1, 0.15) is 56.3 Å². The summed E-state index contributed by atoms with van der Waals surface area (Å²) in [7, 11) is 1.99. The number of hydrogen-bond donors (Lipinski definition) is 1. The van der Waals surface area contributed by atoms with Gasteiger partial charge in [-0.1, -0.05) is 19.8 Å². The molecule has 0 radical (unpaired) electrons. The molecule has 0 aromatic carbocycles. The number of likely N-dealkylation sites (tertiary alicyclic amines) is 1. The lowest BCUT2D eigenvalue weighted by Gasteiger charge is -2.41. The van der Waals surface area contributed by atoms with E-state index in [-0.39, 0.29) is 0 Å². The molecule has 1 saturated heterocycles. The van der Waals surface area contributed by atoms with Crippen molar-refractivity contribution in [2.45, 2.75) is 58.0 Å². The molecule has 4 nitrogen and oxygen atoms in total. The van der Waals surface area contributed by atoms with Gasteiger partial charge < -0.3 is 5.73 Å². The van der Waals surface area contributed by atoms with Crippen LogP contribution < -0.4 is 5.73 Å². The summed E-state index contributed by atoms with van der Waals surface area (Å²) in [4.78, 5) is 2.64. The first-order valence-electron chi connectivity index (χ1n) is 7.63. The van der Waals surface area contributed by atoms with Crippen LogP contribution in [0.5, 0.6) is 0 Å². The minimum atomic E-state index is 0.338. The number of nitrogens with zero attached hydrogens (tertiary/aromatic N) is 3. The van der Waals surface area contributed by atoms with E-state index < -0.39 is 0 Å². The molecular formula is C15H28N4. The van der Waals surface area contributed by atoms with Gasteiger partial charge in [-0.25, -0.2) is 0 Å². The summed E-state index contributed by atoms with van der Waals surface area (Å²) in [6.07, 6.45) is 8.68. The van der Waals surface area contributed by atoms with Crippen molar-refractivity contribution in [3.8, 4) is 0 Å². The van der Waals surface area contributed by atoms with E-state index in [1.165, 1.54) is 44.2 Å². The maximum Gasteiger partial charge on any atom is 0.0641 e. The Bertz CT molecular complexity index is 397. The fourth-order valence-corrected chi connectivity index (χ4v) is 3.46. The summed E-state index contributed by atoms with van der Waals surface area (Å²) in [5.41, 5.74) is 8.53. The Morgan fingerprint density at radius 2 is 2.26 bits per heavy atom. The Morgan fingerprint density at radius 3 is 2.84 bits per heavy atom. The summed E-state index contributed by atoms with van der Waals surface area (Å²) >= 11 is 0. The monoisotopic (exact) mass is 264 g/mol. The van der Waals surface area contributed by atoms with Gasteiger partial charge in [0.25, 0.3) is 0 Å². The topological polar surface area (TPSA) is 47.1 Å². The molecular weight excluding hydrogens is 236 g/mol. The summed E-state index contributed by atoms with van der Waals surface area (Å²) in [5, 5.41) is 4.48. The van der Waals surface area contributed by atoms with Crippen LogP contribution >= 0.6 is 0 Å². The van der Waals surface area contributed by atoms with E-state index in [1.807, 2.05) is 11.7 Å². The highest BCUT2D eigenvalue weighted by atomic mass is 15.3. The van der Waals surface area contributed by atoms with Crippen LogP contribution in [0.15, 0.2) is 6.20 Å². The fourth-order valence-electron chi connectivity index (χ4n) is 3.46. The van der Waals surface area contributed by atoms with Gasteiger partial charge in [0.1, 0.15) is 0 Å². The Labute approximate surface area is 117 Å². The summed E-state index contributed by atoms with van der Waals surface area (Å²) in [6.45, 7) is 6.24. The third kappa shape index (κ3) is 3.18. The van der Waals surface area contributed by atoms with Crippen LogP contribution in [0.25, 0.3) is 0 Å². The summed E-state index contributed by atoms with van der Waals surface area (Å²) < 4.78 is 1.91. The molecule has 1 aromatic heterocycles. The van der Waals surface area contributed by atoms with Gasteiger partial charge in [-0.2, -0.15) is 5.10 Å². The second kappa shape index (κ2) is 6.53. The highest BCUT2D eigenvalue weighted by Gasteiger charge is 2.30. The van der Waals surface area contributed by atoms with Crippen LogP contribution in [-0.2, 0) is 7.05 Å². The molecule has 1 aliphatic heterocycles. The van der Waals surface area contributed by atoms with Crippen molar-refractivity contribution in [2.75, 3.05) is 13.1 Å². The molecule has 1 aromatic rings. The Kier molecular flexibility index (Phi) is 4.99. The van der Waals surface area contributed by atoms with Crippen LogP contribution in [0.4, 0.5) is 0 Å². The van der Waals surface area contributed by atoms with Crippen molar-refractivity contribution in [3.05, 3.63) is 17.5 Å². The summed E-state index contributed by atoms with van der Waals surface area (Å²) in [5.74, 6) is 0. The molecule has 2 heterocycles. The highest BCUT2D eigenvalue weighted by Crippen LogP contribution is 2.31. The summed E-state index contributed by atoms with van der Waals surface area (Å²) in [6, 6.07) is 1.04. The van der Waals surface area contributed by atoms with E-state index in [4.69, 9.17) is 5.73 Å². The Hall–Kier alpha value is -0.870. The minimum Gasteiger partial charge on any atom is -0.329 e. The van der Waals surface area contributed by atoms with Crippen molar-refractivity contribution in [1.82, 2.24) is 14.7 Å². The molecule has 0 aliphatic carbocycles. The molecule has 1 aliphatic rings. The van der Waals surface area contributed by atoms with E-state index in [9.17, 15) is 0 Å². The highest BCUT2D eigenvalue weighted by molar-refractivity contribution is 5.21. The van der Waals surface area contributed by atoms with Crippen LogP contribution in [0.2, 0.25) is 0 Å². The van der Waals surface area contributed by atoms with Gasteiger partial charge in [0.15, 0.2) is 0 Å². The van der Waals surface area contributed by atoms with E-state index in [0.29, 0.717) is 18.6 Å². The number of aryl methyl sites for hydroxylation is 2. The van der Waals surface area contributed by atoms with Crippen molar-refractivity contribution in [1.29, 1.82) is 0 Å². The van der Waals surface area contributed by atoms with E-state index >= 15 is 0 Å². The standard InChI is InChI=1S/C15H28N4/c1-4-7-13-8-5-6-9-19(13)15(10-16)14-11-18(3)17-12(14)2/h11,13,15H,4-10,16H2,1-3H3. The first-order valence-corrected chi connectivity index (χ1v) is 7.63. The van der Waals surface area contributed by atoms with Gasteiger partial charge in [-0.3, -0.25) is 9.58 Å². The van der Waals surface area contributed by atoms with Crippen molar-refractivity contribution >= 4 is 0 Å². The van der Waals surface area contributed by atoms with Crippen LogP contribution in [0, 0.1) is 6.92 Å². The molecule has 0 bridgehead atoms. The fraction of sp³-hybridized carbons (Fsp3) is 0.800. The Morgan fingerprint density at radius 1 is 1.47 bits per heavy atom. The lowest BCUT2D eigenvalue weighted by molar-refractivity contribution is 0.0909. The van der Waals surface area contributed by atoms with Crippen molar-refractivity contribution < 1.29 is 0 Å². The number of hydrogen-bond acceptors (Lipinski definition) is 3. The normalized spacial score (nSPS) is 22.6. The van der Waals surface area contributed by atoms with Gasteiger partial charge in [0, 0.05) is 31.4 Å². The van der Waals surface area contributed by atoms with Crippen LogP contribution in [0.3, 0.4) is 0 Å². The molecule has 108 valence electrons. The third-order valence-electron chi connectivity index (χ3n) is 4.33. The van der Waals surface area contributed by atoms with Gasteiger partial charge in [0.2, 0.25) is 0 Å². The maximum atomic E-state index is 6.09. The molecule has 19 heavy (non-hydrogen) atoms. The number of rotatable bonds is 5. The van der Waals surface area contributed by atoms with E-state index in [1.54, 1.807) is 0 Å². The zero-order valence-electron chi connectivity index (χ0n) is 12.6. The van der Waals surface area contributed by atoms with Gasteiger partial charge >= 0.3 is 0 Å². The van der Waals surface area contributed by atoms with Gasteiger partial charge in [-0.15, -0.1) is 0 Å². The molecule has 4 heteroatoms. The predicted molar refractivity (Wildman–Crippen MR) is 79.0 cm³/mol. The molecule has 2 rings (SSSR count). The molecule has 2 unspecified atom stereocenters. The number of aromatic nitrogens is 2. The second-order valence-electron chi connectivity index (χ2n) is 5.77. The third-order valence-corrected chi connectivity index (χ3v) is 4.33. The molecule has 2 atom stereocenters. The molecule has 2 N–H and O–H groups in total. The predicted octanol–water partition coefficient (Wildman–Crippen LogP) is 2.38. The molecule has 0 saturated carbocycles. The second-order valence-corrected chi connectivity index (χ2v) is 5.77. The van der Waals surface area contributed by atoms with Gasteiger partial charge in [-0.05, 0) is 32.7 Å². The number of nitrogens with two attached hydrogens (primary N) is 1. The van der Waals surface area contributed by atoms with Gasteiger partial charge in [0.05, 0.1) is 11.7 Å². The Balaban J connectivity index is 2.21. The van der Waals surface area contributed by atoms with Crippen molar-refractivity contribution in [2.24, 2.45) is 12.8 Å². The molecule has 0 spiro atoms. The van der Waals surface area contributed by atoms with E-state index in [2.05, 4.69) is 30.0 Å². The average molecular weight is 264 g/mol. The first-order chi connectivity index (χ1) is 9.17. The largest absolute Gasteiger partial charge is 0.329 e. The molecule has 0 amide bonds. The quantitative estimate of drug-likeness (QED) is 0.888. The van der Waals surface area contributed by atoms with E-state index in [0.717, 1.165) is 5.69 Å². The zero-order valence-corrected chi connectivity index (χ0v) is 12.6. The van der Waals surface area contributed by atoms with Crippen LogP contribution in [-0.4, -0.2) is 33.8 Å². The smallest absolute Gasteiger partial charge is 0.0641 e. The number of piperidine rings is 1. The minimum absolute atomic E-state index is 0.338.